The van der Waals surface area contributed by atoms with Crippen LogP contribution in [-0.4, -0.2) is 46.4 Å². The Morgan fingerprint density at radius 3 is 2.21 bits per heavy atom. The number of aryl methyl sites for hydroxylation is 2. The molecule has 0 bridgehead atoms. The Bertz CT molecular complexity index is 828. The minimum Gasteiger partial charge on any atom is -0.460 e. The van der Waals surface area contributed by atoms with Crippen LogP contribution in [0, 0.1) is 0 Å². The van der Waals surface area contributed by atoms with Crippen molar-refractivity contribution in [3.05, 3.63) is 35.4 Å². The minimum absolute atomic E-state index is 0.0636. The number of nitrogens with zero attached hydrogens (tertiary/aromatic N) is 1. The smallest absolute Gasteiger partial charge is 0.306 e. The average molecular weight is 457 g/mol. The third-order valence-corrected chi connectivity index (χ3v) is 6.66. The van der Waals surface area contributed by atoms with Gasteiger partial charge in [0.1, 0.15) is 11.6 Å². The number of nitrogens with one attached hydrogen (secondary N) is 1. The van der Waals surface area contributed by atoms with Crippen molar-refractivity contribution in [2.24, 2.45) is 0 Å². The number of hydrogen-bond acceptors (Lipinski definition) is 4. The van der Waals surface area contributed by atoms with Crippen LogP contribution in [0.5, 0.6) is 0 Å². The number of ether oxygens (including phenoxy) is 1. The van der Waals surface area contributed by atoms with E-state index in [2.05, 4.69) is 12.2 Å². The van der Waals surface area contributed by atoms with Gasteiger partial charge in [0.05, 0.1) is 0 Å². The molecule has 6 heteroatoms. The van der Waals surface area contributed by atoms with Gasteiger partial charge in [-0.3, -0.25) is 14.4 Å². The fraction of sp³-hybridized carbons (Fsp3) is 0.667. The SMILES string of the molecule is C[C@@H]1CCC2CCCC[C@H](NC(=O)CCc3ccc(CCC(=O)OC(C)(C)C)cc3)C(=O)N21. The van der Waals surface area contributed by atoms with Crippen LogP contribution in [0.4, 0.5) is 0 Å². The van der Waals surface area contributed by atoms with Gasteiger partial charge < -0.3 is 15.0 Å². The number of carbonyl (C=O) groups excluding carboxylic acids is 3. The third kappa shape index (κ3) is 7.58. The van der Waals surface area contributed by atoms with Crippen LogP contribution >= 0.6 is 0 Å². The molecule has 1 aromatic rings. The minimum atomic E-state index is -0.462. The zero-order valence-corrected chi connectivity index (χ0v) is 20.7. The second kappa shape index (κ2) is 11.2. The highest BCUT2D eigenvalue weighted by molar-refractivity contribution is 5.88. The molecule has 1 unspecified atom stereocenters. The van der Waals surface area contributed by atoms with E-state index in [9.17, 15) is 14.4 Å². The topological polar surface area (TPSA) is 75.7 Å². The van der Waals surface area contributed by atoms with Crippen molar-refractivity contribution in [2.45, 2.75) is 116 Å². The van der Waals surface area contributed by atoms with Gasteiger partial charge in [0.25, 0.3) is 0 Å². The quantitative estimate of drug-likeness (QED) is 0.620. The predicted molar refractivity (Wildman–Crippen MR) is 129 cm³/mol. The summed E-state index contributed by atoms with van der Waals surface area (Å²) in [6.07, 6.45) is 8.04. The lowest BCUT2D eigenvalue weighted by Crippen LogP contribution is -2.52. The maximum atomic E-state index is 13.1. The molecule has 0 saturated carbocycles. The first-order chi connectivity index (χ1) is 15.6. The van der Waals surface area contributed by atoms with E-state index in [1.165, 1.54) is 0 Å². The predicted octanol–water partition coefficient (Wildman–Crippen LogP) is 4.33. The molecule has 2 amide bonds. The van der Waals surface area contributed by atoms with Gasteiger partial charge in [0.15, 0.2) is 0 Å². The summed E-state index contributed by atoms with van der Waals surface area (Å²) in [5, 5.41) is 3.02. The molecule has 0 aliphatic carbocycles. The number of amides is 2. The van der Waals surface area contributed by atoms with Gasteiger partial charge in [-0.05, 0) is 77.3 Å². The molecule has 3 atom stereocenters. The molecule has 0 spiro atoms. The number of hydrogen-bond donors (Lipinski definition) is 1. The van der Waals surface area contributed by atoms with Gasteiger partial charge in [-0.15, -0.1) is 0 Å². The van der Waals surface area contributed by atoms with Crippen molar-refractivity contribution >= 4 is 17.8 Å². The maximum absolute atomic E-state index is 13.1. The van der Waals surface area contributed by atoms with Gasteiger partial charge >= 0.3 is 5.97 Å². The standard InChI is InChI=1S/C27H40N2O4/c1-19-9-16-22-7-5-6-8-23(26(32)29(19)22)28-24(30)17-14-20-10-12-21(13-11-20)15-18-25(31)33-27(2,3)4/h10-13,19,22-23H,5-9,14-18H2,1-4H3,(H,28,30)/t19-,22?,23+/m1/s1. The highest BCUT2D eigenvalue weighted by Crippen LogP contribution is 2.30. The van der Waals surface area contributed by atoms with E-state index in [0.29, 0.717) is 31.7 Å². The molecule has 1 aromatic carbocycles. The van der Waals surface area contributed by atoms with Crippen molar-refractivity contribution in [2.75, 3.05) is 0 Å². The number of carbonyl (C=O) groups is 3. The number of esters is 1. The summed E-state index contributed by atoms with van der Waals surface area (Å²) in [7, 11) is 0. The van der Waals surface area contributed by atoms with Gasteiger partial charge in [0.2, 0.25) is 11.8 Å². The lowest BCUT2D eigenvalue weighted by Gasteiger charge is -2.34. The summed E-state index contributed by atoms with van der Waals surface area (Å²) in [6.45, 7) is 7.72. The molecule has 0 radical (unpaired) electrons. The summed E-state index contributed by atoms with van der Waals surface area (Å²) in [5.74, 6) is -0.152. The van der Waals surface area contributed by atoms with Gasteiger partial charge in [-0.1, -0.05) is 37.1 Å². The van der Waals surface area contributed by atoms with E-state index in [4.69, 9.17) is 4.74 Å². The number of rotatable bonds is 7. The number of fused-ring (bicyclic) bond motifs is 1. The lowest BCUT2D eigenvalue weighted by atomic mass is 9.98. The zero-order chi connectivity index (χ0) is 24.0. The van der Waals surface area contributed by atoms with Gasteiger partial charge in [-0.25, -0.2) is 0 Å². The van der Waals surface area contributed by atoms with Crippen LogP contribution in [0.25, 0.3) is 0 Å². The molecule has 2 aliphatic rings. The fourth-order valence-electron chi connectivity index (χ4n) is 4.95. The summed E-state index contributed by atoms with van der Waals surface area (Å²) >= 11 is 0. The Balaban J connectivity index is 1.45. The molecular formula is C27H40N2O4. The number of benzene rings is 1. The Kier molecular flexibility index (Phi) is 8.55. The molecule has 33 heavy (non-hydrogen) atoms. The van der Waals surface area contributed by atoms with E-state index in [1.54, 1.807) is 0 Å². The van der Waals surface area contributed by atoms with Crippen LogP contribution in [0.1, 0.15) is 90.2 Å². The van der Waals surface area contributed by atoms with E-state index in [-0.39, 0.29) is 23.8 Å². The van der Waals surface area contributed by atoms with Crippen LogP contribution in [0.3, 0.4) is 0 Å². The molecule has 3 rings (SSSR count). The van der Waals surface area contributed by atoms with E-state index in [0.717, 1.165) is 49.7 Å². The first-order valence-electron chi connectivity index (χ1n) is 12.5. The monoisotopic (exact) mass is 456 g/mol. The first kappa shape index (κ1) is 25.3. The second-order valence-corrected chi connectivity index (χ2v) is 10.6. The molecule has 6 nitrogen and oxygen atoms in total. The summed E-state index contributed by atoms with van der Waals surface area (Å²) in [4.78, 5) is 39.7. The van der Waals surface area contributed by atoms with Crippen LogP contribution < -0.4 is 5.32 Å². The van der Waals surface area contributed by atoms with E-state index >= 15 is 0 Å². The summed E-state index contributed by atoms with van der Waals surface area (Å²) in [6, 6.07) is 8.26. The molecular weight excluding hydrogens is 416 g/mol. The van der Waals surface area contributed by atoms with Crippen LogP contribution in [0.2, 0.25) is 0 Å². The zero-order valence-electron chi connectivity index (χ0n) is 20.7. The normalized spacial score (nSPS) is 23.5. The van der Waals surface area contributed by atoms with Crippen molar-refractivity contribution < 1.29 is 19.1 Å². The molecule has 2 fully saturated rings. The van der Waals surface area contributed by atoms with Crippen molar-refractivity contribution in [3.63, 3.8) is 0 Å². The van der Waals surface area contributed by atoms with E-state index < -0.39 is 11.6 Å². The molecule has 182 valence electrons. The molecule has 0 aromatic heterocycles. The molecule has 1 N–H and O–H groups in total. The van der Waals surface area contributed by atoms with Crippen molar-refractivity contribution in [1.82, 2.24) is 10.2 Å². The summed E-state index contributed by atoms with van der Waals surface area (Å²) in [5.41, 5.74) is 1.68. The van der Waals surface area contributed by atoms with Crippen molar-refractivity contribution in [3.8, 4) is 0 Å². The van der Waals surface area contributed by atoms with Crippen molar-refractivity contribution in [1.29, 1.82) is 0 Å². The largest absolute Gasteiger partial charge is 0.460 e. The Hall–Kier alpha value is -2.37. The highest BCUT2D eigenvalue weighted by Gasteiger charge is 2.38. The molecule has 2 heterocycles. The van der Waals surface area contributed by atoms with Gasteiger partial charge in [-0.2, -0.15) is 0 Å². The second-order valence-electron chi connectivity index (χ2n) is 10.6. The van der Waals surface area contributed by atoms with Crippen LogP contribution in [0.15, 0.2) is 24.3 Å². The lowest BCUT2D eigenvalue weighted by molar-refractivity contribution is -0.154. The van der Waals surface area contributed by atoms with E-state index in [1.807, 2.05) is 49.9 Å². The average Bonchev–Trinajstić information content (AvgIpc) is 3.10. The van der Waals surface area contributed by atoms with Crippen LogP contribution in [-0.2, 0) is 32.0 Å². The maximum Gasteiger partial charge on any atom is 0.306 e. The van der Waals surface area contributed by atoms with Gasteiger partial charge in [0, 0.05) is 24.9 Å². The molecule has 2 aliphatic heterocycles. The first-order valence-corrected chi connectivity index (χ1v) is 12.5. The molecule has 2 saturated heterocycles. The highest BCUT2D eigenvalue weighted by atomic mass is 16.6. The Labute approximate surface area is 198 Å². The fourth-order valence-corrected chi connectivity index (χ4v) is 4.95. The Morgan fingerprint density at radius 1 is 0.970 bits per heavy atom. The Morgan fingerprint density at radius 2 is 1.58 bits per heavy atom. The summed E-state index contributed by atoms with van der Waals surface area (Å²) < 4.78 is 5.35. The third-order valence-electron chi connectivity index (χ3n) is 6.66.